The number of ether oxygens (including phenoxy) is 1. The van der Waals surface area contributed by atoms with Gasteiger partial charge in [-0.05, 0) is 42.2 Å². The van der Waals surface area contributed by atoms with Crippen molar-refractivity contribution in [3.8, 4) is 5.75 Å². The van der Waals surface area contributed by atoms with Gasteiger partial charge in [0.05, 0.1) is 13.2 Å². The van der Waals surface area contributed by atoms with Crippen molar-refractivity contribution < 1.29 is 22.3 Å². The highest BCUT2D eigenvalue weighted by Gasteiger charge is 2.34. The number of carbonyl (C=O) groups is 1. The molecule has 0 saturated carbocycles. The second-order valence-corrected chi connectivity index (χ2v) is 10.1. The Labute approximate surface area is 199 Å². The molecule has 1 N–H and O–H groups in total. The fourth-order valence-electron chi connectivity index (χ4n) is 4.26. The summed E-state index contributed by atoms with van der Waals surface area (Å²) in [6.45, 7) is 0.336. The minimum absolute atomic E-state index is 0.0924. The molecule has 0 bridgehead atoms. The first-order valence-corrected chi connectivity index (χ1v) is 12.6. The van der Waals surface area contributed by atoms with Gasteiger partial charge in [-0.1, -0.05) is 60.7 Å². The summed E-state index contributed by atoms with van der Waals surface area (Å²) < 4.78 is 46.4. The molecule has 0 aromatic heterocycles. The Bertz CT molecular complexity index is 1190. The van der Waals surface area contributed by atoms with E-state index in [4.69, 9.17) is 4.74 Å². The summed E-state index contributed by atoms with van der Waals surface area (Å²) >= 11 is 0. The maximum absolute atomic E-state index is 13.8. The van der Waals surface area contributed by atoms with Crippen molar-refractivity contribution in [1.29, 1.82) is 0 Å². The zero-order valence-electron chi connectivity index (χ0n) is 18.9. The third-order valence-corrected chi connectivity index (χ3v) is 8.04. The number of sulfonamides is 1. The lowest BCUT2D eigenvalue weighted by Crippen LogP contribution is -2.43. The number of halogens is 1. The lowest BCUT2D eigenvalue weighted by atomic mass is 9.94. The minimum Gasteiger partial charge on any atom is -0.495 e. The Morgan fingerprint density at radius 1 is 0.971 bits per heavy atom. The number of rotatable bonds is 7. The van der Waals surface area contributed by atoms with Crippen molar-refractivity contribution in [3.63, 3.8) is 0 Å². The molecule has 0 spiro atoms. The van der Waals surface area contributed by atoms with Crippen LogP contribution in [0.15, 0.2) is 83.8 Å². The smallest absolute Gasteiger partial charge is 0.246 e. The fourth-order valence-corrected chi connectivity index (χ4v) is 5.90. The van der Waals surface area contributed by atoms with Gasteiger partial charge in [-0.25, -0.2) is 12.8 Å². The van der Waals surface area contributed by atoms with Gasteiger partial charge in [0.25, 0.3) is 0 Å². The van der Waals surface area contributed by atoms with Crippen LogP contribution in [0.5, 0.6) is 5.75 Å². The van der Waals surface area contributed by atoms with Crippen molar-refractivity contribution in [3.05, 3.63) is 95.8 Å². The molecule has 1 heterocycles. The first kappa shape index (κ1) is 23.9. The van der Waals surface area contributed by atoms with E-state index in [1.807, 2.05) is 60.7 Å². The molecule has 0 radical (unpaired) electrons. The van der Waals surface area contributed by atoms with Crippen LogP contribution < -0.4 is 10.1 Å². The minimum atomic E-state index is -3.95. The lowest BCUT2D eigenvalue weighted by molar-refractivity contribution is -0.126. The monoisotopic (exact) mass is 482 g/mol. The zero-order valence-corrected chi connectivity index (χ0v) is 19.7. The first-order valence-electron chi connectivity index (χ1n) is 11.1. The number of nitrogens with zero attached hydrogens (tertiary/aromatic N) is 1. The van der Waals surface area contributed by atoms with E-state index in [-0.39, 0.29) is 41.6 Å². The number of nitrogens with one attached hydrogen (secondary N) is 1. The van der Waals surface area contributed by atoms with E-state index < -0.39 is 15.8 Å². The molecule has 3 aromatic carbocycles. The van der Waals surface area contributed by atoms with Crippen molar-refractivity contribution in [2.75, 3.05) is 20.2 Å². The van der Waals surface area contributed by atoms with E-state index in [2.05, 4.69) is 5.32 Å². The summed E-state index contributed by atoms with van der Waals surface area (Å²) in [6, 6.07) is 22.6. The van der Waals surface area contributed by atoms with Crippen LogP contribution in [0, 0.1) is 11.7 Å². The van der Waals surface area contributed by atoms with Crippen LogP contribution in [0.2, 0.25) is 0 Å². The predicted molar refractivity (Wildman–Crippen MR) is 127 cm³/mol. The largest absolute Gasteiger partial charge is 0.495 e. The number of carbonyl (C=O) groups excluding carboxylic acids is 1. The number of piperidine rings is 1. The molecule has 6 nitrogen and oxygen atoms in total. The maximum Gasteiger partial charge on any atom is 0.246 e. The van der Waals surface area contributed by atoms with Gasteiger partial charge in [0.2, 0.25) is 15.9 Å². The molecular weight excluding hydrogens is 455 g/mol. The maximum atomic E-state index is 13.8. The van der Waals surface area contributed by atoms with Gasteiger partial charge in [-0.15, -0.1) is 0 Å². The van der Waals surface area contributed by atoms with E-state index in [1.165, 1.54) is 17.5 Å². The molecule has 1 saturated heterocycles. The van der Waals surface area contributed by atoms with E-state index >= 15 is 0 Å². The van der Waals surface area contributed by atoms with Gasteiger partial charge in [-0.3, -0.25) is 4.79 Å². The molecule has 4 rings (SSSR count). The average molecular weight is 483 g/mol. The molecule has 0 unspecified atom stereocenters. The van der Waals surface area contributed by atoms with Crippen LogP contribution in [0.4, 0.5) is 4.39 Å². The van der Waals surface area contributed by atoms with Gasteiger partial charge < -0.3 is 10.1 Å². The summed E-state index contributed by atoms with van der Waals surface area (Å²) in [4.78, 5) is 13.0. The molecule has 3 aromatic rings. The first-order chi connectivity index (χ1) is 16.4. The van der Waals surface area contributed by atoms with Crippen molar-refractivity contribution in [2.24, 2.45) is 5.92 Å². The summed E-state index contributed by atoms with van der Waals surface area (Å²) in [5, 5.41) is 3.15. The van der Waals surface area contributed by atoms with Gasteiger partial charge >= 0.3 is 0 Å². The van der Waals surface area contributed by atoms with E-state index in [1.54, 1.807) is 0 Å². The van der Waals surface area contributed by atoms with Crippen LogP contribution in [0.1, 0.15) is 30.0 Å². The summed E-state index contributed by atoms with van der Waals surface area (Å²) in [5.41, 5.74) is 1.94. The Morgan fingerprint density at radius 3 is 2.06 bits per heavy atom. The molecule has 178 valence electrons. The van der Waals surface area contributed by atoms with Crippen LogP contribution in [0.3, 0.4) is 0 Å². The number of methoxy groups -OCH3 is 1. The summed E-state index contributed by atoms with van der Waals surface area (Å²) in [5.74, 6) is -0.995. The SMILES string of the molecule is COc1ccc(F)cc1S(=O)(=O)N1CCC(C(=O)NC(c2ccccc2)c2ccccc2)CC1. The topological polar surface area (TPSA) is 75.7 Å². The third-order valence-electron chi connectivity index (χ3n) is 6.12. The Kier molecular flexibility index (Phi) is 7.29. The van der Waals surface area contributed by atoms with Crippen molar-refractivity contribution in [2.45, 2.75) is 23.8 Å². The van der Waals surface area contributed by atoms with Gasteiger partial charge in [0.15, 0.2) is 0 Å². The Morgan fingerprint density at radius 2 is 1.53 bits per heavy atom. The Hall–Kier alpha value is -3.23. The number of hydrogen-bond donors (Lipinski definition) is 1. The summed E-state index contributed by atoms with van der Waals surface area (Å²) in [6.07, 6.45) is 0.748. The van der Waals surface area contributed by atoms with Crippen LogP contribution in [0.25, 0.3) is 0 Å². The highest BCUT2D eigenvalue weighted by Crippen LogP contribution is 2.31. The van der Waals surface area contributed by atoms with E-state index in [0.29, 0.717) is 12.8 Å². The third kappa shape index (κ3) is 5.13. The predicted octanol–water partition coefficient (Wildman–Crippen LogP) is 4.14. The molecule has 8 heteroatoms. The van der Waals surface area contributed by atoms with Gasteiger partial charge in [0, 0.05) is 19.0 Å². The van der Waals surface area contributed by atoms with E-state index in [9.17, 15) is 17.6 Å². The van der Waals surface area contributed by atoms with Gasteiger partial charge in [-0.2, -0.15) is 4.31 Å². The number of amides is 1. The van der Waals surface area contributed by atoms with Gasteiger partial charge in [0.1, 0.15) is 16.5 Å². The second-order valence-electron chi connectivity index (χ2n) is 8.24. The second kappa shape index (κ2) is 10.4. The quantitative estimate of drug-likeness (QED) is 0.549. The Balaban J connectivity index is 1.46. The van der Waals surface area contributed by atoms with Crippen LogP contribution in [-0.4, -0.2) is 38.8 Å². The van der Waals surface area contributed by atoms with Crippen molar-refractivity contribution in [1.82, 2.24) is 9.62 Å². The molecule has 0 atom stereocenters. The molecular formula is C26H27FN2O4S. The molecule has 1 fully saturated rings. The molecule has 0 aliphatic carbocycles. The van der Waals surface area contributed by atoms with Crippen molar-refractivity contribution >= 4 is 15.9 Å². The molecule has 1 aliphatic rings. The zero-order chi connectivity index (χ0) is 24.1. The molecule has 1 aliphatic heterocycles. The fraction of sp³-hybridized carbons (Fsp3) is 0.269. The number of benzene rings is 3. The average Bonchev–Trinajstić information content (AvgIpc) is 2.88. The normalized spacial score (nSPS) is 15.3. The van der Waals surface area contributed by atoms with E-state index in [0.717, 1.165) is 23.3 Å². The lowest BCUT2D eigenvalue weighted by Gasteiger charge is -2.32. The summed E-state index contributed by atoms with van der Waals surface area (Å²) in [7, 11) is -2.60. The van der Waals surface area contributed by atoms with Crippen LogP contribution in [-0.2, 0) is 14.8 Å². The molecule has 34 heavy (non-hydrogen) atoms. The number of hydrogen-bond acceptors (Lipinski definition) is 4. The highest BCUT2D eigenvalue weighted by atomic mass is 32.2. The van der Waals surface area contributed by atoms with Crippen LogP contribution >= 0.6 is 0 Å². The highest BCUT2D eigenvalue weighted by molar-refractivity contribution is 7.89. The molecule has 1 amide bonds. The standard InChI is InChI=1S/C26H27FN2O4S/c1-33-23-13-12-22(27)18-24(23)34(31,32)29-16-14-21(15-17-29)26(30)28-25(19-8-4-2-5-9-19)20-10-6-3-7-11-20/h2-13,18,21,25H,14-17H2,1H3,(H,28,30).